The summed E-state index contributed by atoms with van der Waals surface area (Å²) in [5, 5.41) is 6.09. The van der Waals surface area contributed by atoms with Crippen molar-refractivity contribution in [3.8, 4) is 5.75 Å². The fraction of sp³-hybridized carbons (Fsp3) is 0.167. The lowest BCUT2D eigenvalue weighted by atomic mass is 9.95. The van der Waals surface area contributed by atoms with E-state index in [1.165, 1.54) is 6.07 Å². The number of fused-ring (bicyclic) bond motifs is 1. The first-order valence-electron chi connectivity index (χ1n) is 9.83. The highest BCUT2D eigenvalue weighted by atomic mass is 35.5. The summed E-state index contributed by atoms with van der Waals surface area (Å²) in [5.41, 5.74) is 2.30. The minimum absolute atomic E-state index is 0.116. The third-order valence-corrected chi connectivity index (χ3v) is 5.33. The van der Waals surface area contributed by atoms with Crippen LogP contribution in [-0.4, -0.2) is 18.4 Å². The molecule has 0 saturated carbocycles. The van der Waals surface area contributed by atoms with Crippen molar-refractivity contribution in [3.63, 3.8) is 0 Å². The third-order valence-electron chi connectivity index (χ3n) is 5.09. The fourth-order valence-corrected chi connectivity index (χ4v) is 3.63. The van der Waals surface area contributed by atoms with E-state index in [1.807, 2.05) is 0 Å². The van der Waals surface area contributed by atoms with Gasteiger partial charge in [-0.15, -0.1) is 0 Å². The van der Waals surface area contributed by atoms with Crippen LogP contribution in [0.1, 0.15) is 21.5 Å². The molecule has 31 heavy (non-hydrogen) atoms. The lowest BCUT2D eigenvalue weighted by Crippen LogP contribution is -2.37. The Labute approximate surface area is 184 Å². The SMILES string of the molecule is O=C(Nc1ccc2c(c1)C[C@@H](C(=O)NCc1ccccc1F)CO2)c1cccc(Cl)c1. The predicted octanol–water partition coefficient (Wildman–Crippen LogP) is 4.60. The number of hydrogen-bond acceptors (Lipinski definition) is 3. The molecule has 2 amide bonds. The number of hydrogen-bond donors (Lipinski definition) is 2. The Balaban J connectivity index is 1.40. The van der Waals surface area contributed by atoms with Gasteiger partial charge in [0.05, 0.1) is 5.92 Å². The molecule has 1 atom stereocenters. The molecule has 0 spiro atoms. The maximum atomic E-state index is 13.8. The fourth-order valence-electron chi connectivity index (χ4n) is 3.44. The van der Waals surface area contributed by atoms with Crippen LogP contribution in [0.4, 0.5) is 10.1 Å². The standard InChI is InChI=1S/C24H20ClFN2O3/c25-19-6-3-5-15(11-19)24(30)28-20-8-9-22-17(12-20)10-18(14-31-22)23(29)27-13-16-4-1-2-7-21(16)26/h1-9,11-12,18H,10,13-14H2,(H,27,29)(H,28,30)/t18-/m1/s1. The van der Waals surface area contributed by atoms with Crippen molar-refractivity contribution in [3.05, 3.63) is 94.3 Å². The number of carbonyl (C=O) groups excluding carboxylic acids is 2. The zero-order chi connectivity index (χ0) is 21.8. The largest absolute Gasteiger partial charge is 0.492 e. The second-order valence-electron chi connectivity index (χ2n) is 7.31. The average molecular weight is 439 g/mol. The van der Waals surface area contributed by atoms with Crippen LogP contribution in [0, 0.1) is 11.7 Å². The van der Waals surface area contributed by atoms with Crippen LogP contribution in [0.2, 0.25) is 5.02 Å². The molecule has 3 aromatic rings. The van der Waals surface area contributed by atoms with Gasteiger partial charge >= 0.3 is 0 Å². The first kappa shape index (κ1) is 20.9. The molecule has 0 saturated heterocycles. The van der Waals surface area contributed by atoms with Crippen molar-refractivity contribution in [1.29, 1.82) is 0 Å². The molecule has 0 aliphatic carbocycles. The molecule has 7 heteroatoms. The Kier molecular flexibility index (Phi) is 6.18. The van der Waals surface area contributed by atoms with Crippen LogP contribution in [0.5, 0.6) is 5.75 Å². The van der Waals surface area contributed by atoms with Gasteiger partial charge < -0.3 is 15.4 Å². The Morgan fingerprint density at radius 2 is 1.90 bits per heavy atom. The van der Waals surface area contributed by atoms with E-state index in [4.69, 9.17) is 16.3 Å². The van der Waals surface area contributed by atoms with E-state index >= 15 is 0 Å². The number of ether oxygens (including phenoxy) is 1. The van der Waals surface area contributed by atoms with Gasteiger partial charge in [-0.05, 0) is 54.4 Å². The van der Waals surface area contributed by atoms with Crippen molar-refractivity contribution in [2.24, 2.45) is 5.92 Å². The lowest BCUT2D eigenvalue weighted by Gasteiger charge is -2.25. The van der Waals surface area contributed by atoms with E-state index in [1.54, 1.807) is 60.7 Å². The Morgan fingerprint density at radius 3 is 2.71 bits per heavy atom. The van der Waals surface area contributed by atoms with Crippen molar-refractivity contribution < 1.29 is 18.7 Å². The number of amides is 2. The highest BCUT2D eigenvalue weighted by Crippen LogP contribution is 2.30. The van der Waals surface area contributed by atoms with Gasteiger partial charge in [0.25, 0.3) is 5.91 Å². The molecule has 0 unspecified atom stereocenters. The highest BCUT2D eigenvalue weighted by Gasteiger charge is 2.26. The minimum Gasteiger partial charge on any atom is -0.492 e. The van der Waals surface area contributed by atoms with Gasteiger partial charge in [0, 0.05) is 28.4 Å². The van der Waals surface area contributed by atoms with Crippen molar-refractivity contribution >= 4 is 29.1 Å². The van der Waals surface area contributed by atoms with Crippen LogP contribution in [0.25, 0.3) is 0 Å². The van der Waals surface area contributed by atoms with E-state index < -0.39 is 5.92 Å². The minimum atomic E-state index is -0.404. The summed E-state index contributed by atoms with van der Waals surface area (Å²) in [5.74, 6) is -0.564. The van der Waals surface area contributed by atoms with Gasteiger partial charge in [0.2, 0.25) is 5.91 Å². The first-order valence-corrected chi connectivity index (χ1v) is 10.2. The van der Waals surface area contributed by atoms with Crippen molar-refractivity contribution in [2.45, 2.75) is 13.0 Å². The number of rotatable bonds is 5. The summed E-state index contributed by atoms with van der Waals surface area (Å²) < 4.78 is 19.5. The summed E-state index contributed by atoms with van der Waals surface area (Å²) in [6.45, 7) is 0.356. The first-order chi connectivity index (χ1) is 15.0. The molecule has 0 radical (unpaired) electrons. The summed E-state index contributed by atoms with van der Waals surface area (Å²) in [6, 6.07) is 18.3. The molecule has 1 heterocycles. The van der Waals surface area contributed by atoms with Gasteiger partial charge in [0.1, 0.15) is 18.2 Å². The maximum absolute atomic E-state index is 13.8. The molecule has 1 aliphatic rings. The summed E-state index contributed by atoms with van der Waals surface area (Å²) in [6.07, 6.45) is 0.458. The summed E-state index contributed by atoms with van der Waals surface area (Å²) in [7, 11) is 0. The monoisotopic (exact) mass is 438 g/mol. The van der Waals surface area contributed by atoms with Crippen LogP contribution in [-0.2, 0) is 17.8 Å². The zero-order valence-electron chi connectivity index (χ0n) is 16.5. The molecule has 0 bridgehead atoms. The molecule has 1 aliphatic heterocycles. The number of halogens is 2. The van der Waals surface area contributed by atoms with Crippen molar-refractivity contribution in [2.75, 3.05) is 11.9 Å². The molecular weight excluding hydrogens is 419 g/mol. The number of carbonyl (C=O) groups is 2. The Morgan fingerprint density at radius 1 is 1.06 bits per heavy atom. The van der Waals surface area contributed by atoms with Gasteiger partial charge in [-0.25, -0.2) is 4.39 Å². The Bertz CT molecular complexity index is 1140. The van der Waals surface area contributed by atoms with Gasteiger partial charge in [-0.1, -0.05) is 35.9 Å². The number of benzene rings is 3. The second kappa shape index (κ2) is 9.18. The molecule has 158 valence electrons. The Hall–Kier alpha value is -3.38. The summed E-state index contributed by atoms with van der Waals surface area (Å²) >= 11 is 5.95. The average Bonchev–Trinajstić information content (AvgIpc) is 2.78. The molecule has 5 nitrogen and oxygen atoms in total. The maximum Gasteiger partial charge on any atom is 0.255 e. The molecule has 3 aromatic carbocycles. The molecule has 0 fully saturated rings. The summed E-state index contributed by atoms with van der Waals surface area (Å²) in [4.78, 5) is 25.0. The molecule has 0 aromatic heterocycles. The second-order valence-corrected chi connectivity index (χ2v) is 7.74. The van der Waals surface area contributed by atoms with Crippen LogP contribution in [0.3, 0.4) is 0 Å². The molecule has 4 rings (SSSR count). The van der Waals surface area contributed by atoms with Crippen LogP contribution in [0.15, 0.2) is 66.7 Å². The van der Waals surface area contributed by atoms with E-state index in [2.05, 4.69) is 10.6 Å². The van der Waals surface area contributed by atoms with E-state index in [0.29, 0.717) is 34.0 Å². The lowest BCUT2D eigenvalue weighted by molar-refractivity contribution is -0.126. The highest BCUT2D eigenvalue weighted by molar-refractivity contribution is 6.31. The topological polar surface area (TPSA) is 67.4 Å². The van der Waals surface area contributed by atoms with E-state index in [-0.39, 0.29) is 30.8 Å². The zero-order valence-corrected chi connectivity index (χ0v) is 17.3. The van der Waals surface area contributed by atoms with Crippen LogP contribution >= 0.6 is 11.6 Å². The van der Waals surface area contributed by atoms with Gasteiger partial charge in [-0.3, -0.25) is 9.59 Å². The number of anilines is 1. The normalized spacial score (nSPS) is 14.8. The van der Waals surface area contributed by atoms with E-state index in [0.717, 1.165) is 5.56 Å². The van der Waals surface area contributed by atoms with Crippen molar-refractivity contribution in [1.82, 2.24) is 5.32 Å². The quantitative estimate of drug-likeness (QED) is 0.611. The number of nitrogens with one attached hydrogen (secondary N) is 2. The van der Waals surface area contributed by atoms with Crippen LogP contribution < -0.4 is 15.4 Å². The third kappa shape index (κ3) is 5.03. The van der Waals surface area contributed by atoms with E-state index in [9.17, 15) is 14.0 Å². The predicted molar refractivity (Wildman–Crippen MR) is 117 cm³/mol. The molecule has 2 N–H and O–H groups in total. The van der Waals surface area contributed by atoms with Gasteiger partial charge in [0.15, 0.2) is 0 Å². The smallest absolute Gasteiger partial charge is 0.255 e. The molecular formula is C24H20ClFN2O3. The van der Waals surface area contributed by atoms with Gasteiger partial charge in [-0.2, -0.15) is 0 Å².